The van der Waals surface area contributed by atoms with Gasteiger partial charge < -0.3 is 29.2 Å². The van der Waals surface area contributed by atoms with Gasteiger partial charge in [0.05, 0.1) is 43.2 Å². The molecule has 0 aromatic heterocycles. The van der Waals surface area contributed by atoms with Gasteiger partial charge in [0.2, 0.25) is 0 Å². The third-order valence-electron chi connectivity index (χ3n) is 11.6. The van der Waals surface area contributed by atoms with Gasteiger partial charge in [-0.25, -0.2) is 19.9 Å². The molecule has 0 fully saturated rings. The van der Waals surface area contributed by atoms with Gasteiger partial charge in [-0.15, -0.1) is 0 Å². The first kappa shape index (κ1) is 49.8. The number of carbonyl (C=O) groups is 3. The van der Waals surface area contributed by atoms with Crippen molar-refractivity contribution in [1.29, 1.82) is 0 Å². The topological polar surface area (TPSA) is 186 Å². The van der Waals surface area contributed by atoms with Gasteiger partial charge in [-0.3, -0.25) is 24.3 Å². The number of hydrogen-bond acceptors (Lipinski definition) is 14. The van der Waals surface area contributed by atoms with Crippen molar-refractivity contribution in [3.63, 3.8) is 0 Å². The van der Waals surface area contributed by atoms with E-state index in [0.717, 1.165) is 70.0 Å². The molecule has 1 aliphatic carbocycles. The molecule has 64 heavy (non-hydrogen) atoms. The van der Waals surface area contributed by atoms with Gasteiger partial charge in [-0.1, -0.05) is 39.8 Å². The summed E-state index contributed by atoms with van der Waals surface area (Å²) in [4.78, 5) is 60.7. The number of carboxylic acid groups (broad SMARTS) is 1. The van der Waals surface area contributed by atoms with Crippen LogP contribution < -0.4 is 10.1 Å². The molecule has 5 rings (SSSR count). The molecule has 17 heteroatoms. The minimum Gasteiger partial charge on any atom is -0.478 e. The van der Waals surface area contributed by atoms with E-state index in [1.54, 1.807) is 38.6 Å². The Morgan fingerprint density at radius 2 is 1.64 bits per heavy atom. The predicted octanol–water partition coefficient (Wildman–Crippen LogP) is 8.25. The van der Waals surface area contributed by atoms with Crippen LogP contribution in [0.4, 0.5) is 0 Å². The normalized spacial score (nSPS) is 20.1. The van der Waals surface area contributed by atoms with Gasteiger partial charge >= 0.3 is 5.97 Å². The van der Waals surface area contributed by atoms with Crippen LogP contribution >= 0.6 is 24.1 Å². The zero-order valence-electron chi connectivity index (χ0n) is 37.8. The minimum absolute atomic E-state index is 0.150. The summed E-state index contributed by atoms with van der Waals surface area (Å²) in [6.07, 6.45) is 18.9. The Morgan fingerprint density at radius 1 is 0.938 bits per heavy atom. The standard InChI is InChI=1S/C47H60N6O9S2/c1-46(2)36(26-34(43(54)51(5)60-7)28-48-22-10-24-63-58)29-49-39(46)20-16-31-12-9-13-32(41(31)62-37-18-14-33(15-19-37)45(56)57)17-21-40-47(3,4)38-27-35(44(55)52(6)61-8)30-53(42(38)50-40)23-11-25-64-59/h14-21,26-28,30,48,58-59H,9-13,22-25,29H2,1-8H3,(H,56,57)/b20-16+,32-17+,34-28+,36-26+,40-21+. The smallest absolute Gasteiger partial charge is 0.335 e. The van der Waals surface area contributed by atoms with E-state index in [0.29, 0.717) is 79.5 Å². The number of aromatic carboxylic acids is 1. The fourth-order valence-corrected chi connectivity index (χ4v) is 8.00. The van der Waals surface area contributed by atoms with E-state index in [9.17, 15) is 24.0 Å². The second-order valence-electron chi connectivity index (χ2n) is 16.5. The number of rotatable bonds is 20. The van der Waals surface area contributed by atoms with Crippen molar-refractivity contribution in [2.75, 3.05) is 59.5 Å². The average molecular weight is 917 g/mol. The molecule has 15 nitrogen and oxygen atoms in total. The number of fused-ring (bicyclic) bond motifs is 1. The number of allylic oxidation sites excluding steroid dienone is 7. The maximum atomic E-state index is 13.3. The van der Waals surface area contributed by atoms with Gasteiger partial charge in [0.15, 0.2) is 0 Å². The summed E-state index contributed by atoms with van der Waals surface area (Å²) in [6, 6.07) is 6.33. The van der Waals surface area contributed by atoms with Crippen LogP contribution in [0.25, 0.3) is 0 Å². The summed E-state index contributed by atoms with van der Waals surface area (Å²) in [5.74, 6) is 1.35. The van der Waals surface area contributed by atoms with E-state index in [-0.39, 0.29) is 17.4 Å². The summed E-state index contributed by atoms with van der Waals surface area (Å²) >= 11 is 1.56. The van der Waals surface area contributed by atoms with Crippen molar-refractivity contribution in [3.05, 3.63) is 124 Å². The van der Waals surface area contributed by atoms with Crippen molar-refractivity contribution in [1.82, 2.24) is 20.3 Å². The molecule has 4 aliphatic rings. The number of benzene rings is 1. The zero-order valence-corrected chi connectivity index (χ0v) is 39.5. The molecule has 0 spiro atoms. The quantitative estimate of drug-likeness (QED) is 0.0425. The molecule has 2 amide bonds. The second kappa shape index (κ2) is 22.6. The molecule has 4 N–H and O–H groups in total. The van der Waals surface area contributed by atoms with Crippen LogP contribution in [0.2, 0.25) is 0 Å². The number of carbonyl (C=O) groups excluding carboxylic acids is 2. The van der Waals surface area contributed by atoms with Crippen LogP contribution in [0.15, 0.2) is 128 Å². The van der Waals surface area contributed by atoms with Crippen molar-refractivity contribution in [2.45, 2.75) is 59.8 Å². The third-order valence-corrected chi connectivity index (χ3v) is 12.5. The van der Waals surface area contributed by atoms with Crippen LogP contribution in [-0.2, 0) is 19.3 Å². The maximum Gasteiger partial charge on any atom is 0.335 e. The fourth-order valence-electron chi connectivity index (χ4n) is 7.46. The molecule has 0 bridgehead atoms. The Kier molecular flexibility index (Phi) is 17.6. The Morgan fingerprint density at radius 3 is 2.31 bits per heavy atom. The molecule has 0 atom stereocenters. The number of hydroxylamine groups is 4. The first-order valence-electron chi connectivity index (χ1n) is 21.1. The number of nitrogens with one attached hydrogen (secondary N) is 1. The number of amides is 2. The summed E-state index contributed by atoms with van der Waals surface area (Å²) in [7, 11) is 6.00. The van der Waals surface area contributed by atoms with Gasteiger partial charge in [-0.2, -0.15) is 0 Å². The molecule has 1 aromatic carbocycles. The largest absolute Gasteiger partial charge is 0.478 e. The average Bonchev–Trinajstić information content (AvgIpc) is 3.72. The highest BCUT2D eigenvalue weighted by Crippen LogP contribution is 2.46. The lowest BCUT2D eigenvalue weighted by molar-refractivity contribution is -0.164. The van der Waals surface area contributed by atoms with E-state index >= 15 is 0 Å². The van der Waals surface area contributed by atoms with Crippen LogP contribution in [-0.4, -0.2) is 118 Å². The third kappa shape index (κ3) is 11.9. The lowest BCUT2D eigenvalue weighted by atomic mass is 9.80. The zero-order chi connectivity index (χ0) is 46.6. The fraction of sp³-hybridized carbons (Fsp3) is 0.426. The Bertz CT molecular complexity index is 2250. The van der Waals surface area contributed by atoms with Crippen molar-refractivity contribution >= 4 is 53.4 Å². The Labute approximate surface area is 384 Å². The maximum absolute atomic E-state index is 13.3. The van der Waals surface area contributed by atoms with Crippen LogP contribution in [0.5, 0.6) is 5.75 Å². The summed E-state index contributed by atoms with van der Waals surface area (Å²) < 4.78 is 25.2. The molecule has 0 unspecified atom stereocenters. The van der Waals surface area contributed by atoms with E-state index in [1.165, 1.54) is 36.5 Å². The summed E-state index contributed by atoms with van der Waals surface area (Å²) in [5.41, 5.74) is 5.25. The molecule has 0 radical (unpaired) electrons. The first-order chi connectivity index (χ1) is 30.6. The van der Waals surface area contributed by atoms with Crippen LogP contribution in [0.3, 0.4) is 0 Å². The van der Waals surface area contributed by atoms with Gasteiger partial charge in [0, 0.05) is 73.2 Å². The lowest BCUT2D eigenvalue weighted by Crippen LogP contribution is -2.36. The van der Waals surface area contributed by atoms with Gasteiger partial charge in [-0.05, 0) is 121 Å². The molecular formula is C47H60N6O9S2. The van der Waals surface area contributed by atoms with Gasteiger partial charge in [0.1, 0.15) is 17.3 Å². The van der Waals surface area contributed by atoms with Crippen molar-refractivity contribution in [3.8, 4) is 5.75 Å². The van der Waals surface area contributed by atoms with E-state index < -0.39 is 16.8 Å². The highest BCUT2D eigenvalue weighted by Gasteiger charge is 2.41. The van der Waals surface area contributed by atoms with Crippen molar-refractivity contribution < 1.29 is 43.0 Å². The highest BCUT2D eigenvalue weighted by atomic mass is 32.2. The molecule has 1 aromatic rings. The van der Waals surface area contributed by atoms with Crippen LogP contribution in [0, 0.1) is 10.8 Å². The number of hydrogen-bond donors (Lipinski definition) is 4. The molecular weight excluding hydrogens is 857 g/mol. The number of amidine groups is 1. The molecule has 3 heterocycles. The minimum atomic E-state index is -1.03. The predicted molar refractivity (Wildman–Crippen MR) is 254 cm³/mol. The number of carboxylic acids is 1. The highest BCUT2D eigenvalue weighted by molar-refractivity contribution is 7.93. The molecule has 0 saturated carbocycles. The Balaban J connectivity index is 1.52. The van der Waals surface area contributed by atoms with Gasteiger partial charge in [0.25, 0.3) is 11.8 Å². The molecule has 0 saturated heterocycles. The first-order valence-corrected chi connectivity index (χ1v) is 23.0. The van der Waals surface area contributed by atoms with E-state index in [2.05, 4.69) is 33.0 Å². The Hall–Kier alpha value is -5.17. The molecule has 344 valence electrons. The number of ether oxygens (including phenoxy) is 1. The summed E-state index contributed by atoms with van der Waals surface area (Å²) in [5, 5.41) is 15.1. The SMILES string of the molecule is CON(C)C(=O)C1=CN(CCCSO)C2=N/C(=C/C=C3\CCCC(/C=C/C4=NC/C(=C\C(=C/NCCCSO)C(=O)N(C)OC)C4(C)C)=C3Oc3ccc(C(=O)O)cc3)C(C)(C)C2=C1. The van der Waals surface area contributed by atoms with Crippen LogP contribution in [0.1, 0.15) is 70.2 Å². The lowest BCUT2D eigenvalue weighted by Gasteiger charge is -2.31. The van der Waals surface area contributed by atoms with E-state index in [4.69, 9.17) is 28.9 Å². The number of aliphatic imine (C=N–C) groups is 2. The monoisotopic (exact) mass is 916 g/mol. The number of nitrogens with zero attached hydrogens (tertiary/aromatic N) is 5. The van der Waals surface area contributed by atoms with Crippen molar-refractivity contribution in [2.24, 2.45) is 20.8 Å². The van der Waals surface area contributed by atoms with E-state index in [1.807, 2.05) is 41.4 Å². The second-order valence-corrected chi connectivity index (χ2v) is 17.8. The molecule has 3 aliphatic heterocycles. The summed E-state index contributed by atoms with van der Waals surface area (Å²) in [6.45, 7) is 9.82. The number of likely N-dealkylation sites (N-methyl/N-ethyl adjacent to an activating group) is 2.